The van der Waals surface area contributed by atoms with E-state index in [9.17, 15) is 0 Å². The molecule has 0 radical (unpaired) electrons. The molecular formula is C14H28ClN7. The first-order valence-corrected chi connectivity index (χ1v) is 8.23. The third-order valence-corrected chi connectivity index (χ3v) is 3.48. The Kier molecular flexibility index (Phi) is 8.07. The third kappa shape index (κ3) is 5.07. The quantitative estimate of drug-likeness (QED) is 0.578. The summed E-state index contributed by atoms with van der Waals surface area (Å²) in [7, 11) is 0. The first kappa shape index (κ1) is 19.1. The summed E-state index contributed by atoms with van der Waals surface area (Å²) >= 11 is 6.35. The highest BCUT2D eigenvalue weighted by Gasteiger charge is 2.37. The molecule has 0 saturated carbocycles. The molecule has 0 amide bonds. The van der Waals surface area contributed by atoms with Gasteiger partial charge in [0.15, 0.2) is 12.6 Å². The molecule has 2 unspecified atom stereocenters. The van der Waals surface area contributed by atoms with Crippen LogP contribution in [0.3, 0.4) is 0 Å². The second-order valence-corrected chi connectivity index (χ2v) is 5.97. The Balaban J connectivity index is 3.10. The molecule has 0 aliphatic carbocycles. The standard InChI is InChI=1S/C14H28ClN7/c1-6-17-14-21(9-11(5)8-16)13(19-10(3)4)20-12(15)22(14)18-7-2/h10-11,13-14,17-19H,6-7,9H2,1-5H3/t11?,13?,14-/m0/s1. The number of nitrogens with zero attached hydrogens (tertiary/aromatic N) is 4. The van der Waals surface area contributed by atoms with Crippen molar-refractivity contribution in [1.82, 2.24) is 26.0 Å². The summed E-state index contributed by atoms with van der Waals surface area (Å²) in [6.07, 6.45) is -0.427. The first-order valence-electron chi connectivity index (χ1n) is 7.85. The van der Waals surface area contributed by atoms with Crippen molar-refractivity contribution in [2.75, 3.05) is 19.6 Å². The number of nitriles is 1. The molecular weight excluding hydrogens is 302 g/mol. The van der Waals surface area contributed by atoms with Gasteiger partial charge in [-0.1, -0.05) is 13.8 Å². The molecule has 1 heterocycles. The highest BCUT2D eigenvalue weighted by molar-refractivity contribution is 6.64. The van der Waals surface area contributed by atoms with Gasteiger partial charge in [-0.15, -0.1) is 0 Å². The molecule has 0 aromatic carbocycles. The van der Waals surface area contributed by atoms with E-state index in [-0.39, 0.29) is 24.5 Å². The number of halogens is 1. The van der Waals surface area contributed by atoms with Crippen molar-refractivity contribution in [2.24, 2.45) is 10.9 Å². The Hall–Kier alpha value is -0.910. The normalized spacial score (nSPS) is 24.3. The SMILES string of the molecule is CCN[C@@H]1N(NCC)C(Cl)=NC(NC(C)C)N1CC(C)C#N. The predicted octanol–water partition coefficient (Wildman–Crippen LogP) is 1.06. The molecule has 126 valence electrons. The highest BCUT2D eigenvalue weighted by Crippen LogP contribution is 2.18. The maximum absolute atomic E-state index is 9.16. The lowest BCUT2D eigenvalue weighted by Gasteiger charge is -2.46. The van der Waals surface area contributed by atoms with E-state index >= 15 is 0 Å². The Morgan fingerprint density at radius 1 is 1.32 bits per heavy atom. The van der Waals surface area contributed by atoms with Gasteiger partial charge >= 0.3 is 0 Å². The maximum Gasteiger partial charge on any atom is 0.213 e. The maximum atomic E-state index is 9.16. The van der Waals surface area contributed by atoms with Gasteiger partial charge in [0.25, 0.3) is 0 Å². The molecule has 0 bridgehead atoms. The number of amidine groups is 1. The van der Waals surface area contributed by atoms with Crippen molar-refractivity contribution < 1.29 is 0 Å². The van der Waals surface area contributed by atoms with Crippen LogP contribution in [0, 0.1) is 17.2 Å². The van der Waals surface area contributed by atoms with Crippen molar-refractivity contribution in [3.63, 3.8) is 0 Å². The summed E-state index contributed by atoms with van der Waals surface area (Å²) in [4.78, 5) is 6.65. The van der Waals surface area contributed by atoms with Crippen LogP contribution in [0.1, 0.15) is 34.6 Å². The summed E-state index contributed by atoms with van der Waals surface area (Å²) in [5, 5.41) is 18.2. The Morgan fingerprint density at radius 3 is 2.50 bits per heavy atom. The molecule has 22 heavy (non-hydrogen) atoms. The van der Waals surface area contributed by atoms with Crippen molar-refractivity contribution in [1.29, 1.82) is 5.26 Å². The number of nitrogens with one attached hydrogen (secondary N) is 3. The number of rotatable bonds is 8. The van der Waals surface area contributed by atoms with Gasteiger partial charge in [0.1, 0.15) is 0 Å². The molecule has 3 N–H and O–H groups in total. The lowest BCUT2D eigenvalue weighted by atomic mass is 10.2. The Bertz CT molecular complexity index is 406. The summed E-state index contributed by atoms with van der Waals surface area (Å²) in [5.41, 5.74) is 3.22. The molecule has 1 rings (SSSR count). The largest absolute Gasteiger partial charge is 0.284 e. The number of aliphatic imine (C=N–C) groups is 1. The molecule has 0 fully saturated rings. The van der Waals surface area contributed by atoms with Gasteiger partial charge in [-0.25, -0.2) is 15.3 Å². The van der Waals surface area contributed by atoms with Gasteiger partial charge in [0.2, 0.25) is 5.29 Å². The van der Waals surface area contributed by atoms with Gasteiger partial charge in [-0.05, 0) is 38.9 Å². The molecule has 0 aromatic rings. The van der Waals surface area contributed by atoms with Crippen LogP contribution in [0.5, 0.6) is 0 Å². The van der Waals surface area contributed by atoms with Crippen LogP contribution in [-0.4, -0.2) is 53.5 Å². The number of hydrogen-bond acceptors (Lipinski definition) is 7. The second-order valence-electron chi connectivity index (χ2n) is 5.63. The Morgan fingerprint density at radius 2 is 2.00 bits per heavy atom. The van der Waals surface area contributed by atoms with Gasteiger partial charge < -0.3 is 0 Å². The minimum atomic E-state index is -0.262. The summed E-state index contributed by atoms with van der Waals surface area (Å²) in [6.45, 7) is 12.2. The van der Waals surface area contributed by atoms with Crippen molar-refractivity contribution in [2.45, 2.75) is 53.2 Å². The van der Waals surface area contributed by atoms with E-state index in [0.717, 1.165) is 13.1 Å². The minimum Gasteiger partial charge on any atom is -0.284 e. The van der Waals surface area contributed by atoms with Crippen molar-refractivity contribution >= 4 is 16.9 Å². The predicted molar refractivity (Wildman–Crippen MR) is 89.8 cm³/mol. The lowest BCUT2D eigenvalue weighted by Crippen LogP contribution is -2.70. The monoisotopic (exact) mass is 329 g/mol. The van der Waals surface area contributed by atoms with Crippen LogP contribution in [0.4, 0.5) is 0 Å². The second kappa shape index (κ2) is 9.28. The fraction of sp³-hybridized carbons (Fsp3) is 0.857. The summed E-state index contributed by atoms with van der Waals surface area (Å²) < 4.78 is 0. The van der Waals surface area contributed by atoms with Crippen LogP contribution in [0.15, 0.2) is 4.99 Å². The van der Waals surface area contributed by atoms with Crippen LogP contribution in [0.2, 0.25) is 0 Å². The number of hydrogen-bond donors (Lipinski definition) is 3. The van der Waals surface area contributed by atoms with E-state index in [1.165, 1.54) is 0 Å². The highest BCUT2D eigenvalue weighted by atomic mass is 35.5. The fourth-order valence-corrected chi connectivity index (χ4v) is 2.57. The zero-order valence-corrected chi connectivity index (χ0v) is 14.9. The van der Waals surface area contributed by atoms with E-state index in [4.69, 9.17) is 16.9 Å². The first-order chi connectivity index (χ1) is 10.4. The Labute approximate surface area is 138 Å². The lowest BCUT2D eigenvalue weighted by molar-refractivity contribution is -0.0240. The van der Waals surface area contributed by atoms with E-state index in [0.29, 0.717) is 11.8 Å². The molecule has 1 aliphatic rings. The average Bonchev–Trinajstić information content (AvgIpc) is 2.46. The fourth-order valence-electron chi connectivity index (χ4n) is 2.32. The molecule has 0 aromatic heterocycles. The third-order valence-electron chi connectivity index (χ3n) is 3.20. The van der Waals surface area contributed by atoms with E-state index < -0.39 is 0 Å². The molecule has 3 atom stereocenters. The molecule has 0 saturated heterocycles. The smallest absolute Gasteiger partial charge is 0.213 e. The van der Waals surface area contributed by atoms with E-state index in [1.54, 1.807) is 0 Å². The molecule has 1 aliphatic heterocycles. The van der Waals surface area contributed by atoms with Crippen molar-refractivity contribution in [3.05, 3.63) is 0 Å². The van der Waals surface area contributed by atoms with E-state index in [2.05, 4.69) is 45.9 Å². The van der Waals surface area contributed by atoms with Crippen LogP contribution < -0.4 is 16.1 Å². The van der Waals surface area contributed by atoms with Crippen LogP contribution in [0.25, 0.3) is 0 Å². The summed E-state index contributed by atoms with van der Waals surface area (Å²) in [5.74, 6) is -0.104. The molecule has 8 heteroatoms. The van der Waals surface area contributed by atoms with Crippen LogP contribution >= 0.6 is 11.6 Å². The zero-order valence-electron chi connectivity index (χ0n) is 14.1. The van der Waals surface area contributed by atoms with Gasteiger partial charge in [-0.2, -0.15) is 5.26 Å². The topological polar surface area (TPSA) is 78.7 Å². The van der Waals surface area contributed by atoms with Crippen LogP contribution in [-0.2, 0) is 0 Å². The molecule has 7 nitrogen and oxygen atoms in total. The van der Waals surface area contributed by atoms with Gasteiger partial charge in [0.05, 0.1) is 12.0 Å². The van der Waals surface area contributed by atoms with Crippen molar-refractivity contribution in [3.8, 4) is 6.07 Å². The number of hydrazine groups is 1. The van der Waals surface area contributed by atoms with Gasteiger partial charge in [-0.3, -0.25) is 15.6 Å². The minimum absolute atomic E-state index is 0.104. The van der Waals surface area contributed by atoms with E-state index in [1.807, 2.05) is 25.8 Å². The zero-order chi connectivity index (χ0) is 16.7. The average molecular weight is 330 g/mol. The van der Waals surface area contributed by atoms with Gasteiger partial charge in [0, 0.05) is 19.1 Å². The molecule has 0 spiro atoms. The summed E-state index contributed by atoms with van der Waals surface area (Å²) in [6, 6.07) is 2.54.